The molecule has 0 N–H and O–H groups in total. The van der Waals surface area contributed by atoms with E-state index < -0.39 is 0 Å². The number of aryl methyl sites for hydroxylation is 3. The van der Waals surface area contributed by atoms with Gasteiger partial charge in [-0.2, -0.15) is 10.4 Å². The van der Waals surface area contributed by atoms with Crippen molar-refractivity contribution in [1.29, 1.82) is 5.26 Å². The van der Waals surface area contributed by atoms with Gasteiger partial charge in [0.25, 0.3) is 0 Å². The van der Waals surface area contributed by atoms with Crippen LogP contribution in [0.25, 0.3) is 11.3 Å². The molecule has 86 valence electrons. The van der Waals surface area contributed by atoms with E-state index in [1.54, 1.807) is 4.68 Å². The van der Waals surface area contributed by atoms with E-state index in [2.05, 4.69) is 43.2 Å². The SMILES string of the molecule is Cc1ccc(-c2nn(C)cc2CC#N)c(C)c1. The molecule has 0 saturated carbocycles. The number of rotatable bonds is 2. The molecule has 3 heteroatoms. The summed E-state index contributed by atoms with van der Waals surface area (Å²) in [6.45, 7) is 4.15. The van der Waals surface area contributed by atoms with E-state index in [0.29, 0.717) is 6.42 Å². The number of hydrogen-bond acceptors (Lipinski definition) is 2. The van der Waals surface area contributed by atoms with Crippen LogP contribution in [0.15, 0.2) is 24.4 Å². The van der Waals surface area contributed by atoms with Crippen LogP contribution in [0.4, 0.5) is 0 Å². The van der Waals surface area contributed by atoms with Crippen molar-refractivity contribution in [3.05, 3.63) is 41.1 Å². The zero-order chi connectivity index (χ0) is 12.4. The Kier molecular flexibility index (Phi) is 2.97. The second kappa shape index (κ2) is 4.42. The molecule has 0 saturated heterocycles. The molecule has 0 spiro atoms. The van der Waals surface area contributed by atoms with Gasteiger partial charge in [0.15, 0.2) is 0 Å². The Balaban J connectivity index is 2.56. The van der Waals surface area contributed by atoms with E-state index in [4.69, 9.17) is 5.26 Å². The zero-order valence-electron chi connectivity index (χ0n) is 10.4. The van der Waals surface area contributed by atoms with Gasteiger partial charge in [-0.05, 0) is 19.4 Å². The fourth-order valence-electron chi connectivity index (χ4n) is 2.06. The number of nitrogens with zero attached hydrogens (tertiary/aromatic N) is 3. The highest BCUT2D eigenvalue weighted by atomic mass is 15.2. The third-order valence-corrected chi connectivity index (χ3v) is 2.81. The van der Waals surface area contributed by atoms with Gasteiger partial charge >= 0.3 is 0 Å². The van der Waals surface area contributed by atoms with Gasteiger partial charge in [0.2, 0.25) is 0 Å². The van der Waals surface area contributed by atoms with Crippen LogP contribution in [0, 0.1) is 25.2 Å². The molecule has 0 bridgehead atoms. The highest BCUT2D eigenvalue weighted by molar-refractivity contribution is 5.67. The summed E-state index contributed by atoms with van der Waals surface area (Å²) >= 11 is 0. The number of nitriles is 1. The zero-order valence-corrected chi connectivity index (χ0v) is 10.4. The molecule has 3 nitrogen and oxygen atoms in total. The predicted octanol–water partition coefficient (Wildman–Crippen LogP) is 2.77. The van der Waals surface area contributed by atoms with Crippen LogP contribution < -0.4 is 0 Å². The minimum absolute atomic E-state index is 0.399. The highest BCUT2D eigenvalue weighted by Gasteiger charge is 2.11. The molecule has 1 aromatic carbocycles. The minimum Gasteiger partial charge on any atom is -0.275 e. The van der Waals surface area contributed by atoms with Crippen LogP contribution in [0.5, 0.6) is 0 Å². The van der Waals surface area contributed by atoms with Crippen molar-refractivity contribution in [2.24, 2.45) is 7.05 Å². The molecule has 1 heterocycles. The van der Waals surface area contributed by atoms with Gasteiger partial charge in [0.1, 0.15) is 0 Å². The quantitative estimate of drug-likeness (QED) is 0.788. The maximum absolute atomic E-state index is 8.83. The maximum atomic E-state index is 8.83. The van der Waals surface area contributed by atoms with Gasteiger partial charge < -0.3 is 0 Å². The molecule has 2 rings (SSSR count). The summed E-state index contributed by atoms with van der Waals surface area (Å²) < 4.78 is 1.77. The van der Waals surface area contributed by atoms with E-state index in [0.717, 1.165) is 16.8 Å². The first kappa shape index (κ1) is 11.4. The molecule has 0 radical (unpaired) electrons. The second-order valence-electron chi connectivity index (χ2n) is 4.33. The van der Waals surface area contributed by atoms with Crippen LogP contribution in [0.2, 0.25) is 0 Å². The van der Waals surface area contributed by atoms with E-state index >= 15 is 0 Å². The van der Waals surface area contributed by atoms with Crippen molar-refractivity contribution < 1.29 is 0 Å². The second-order valence-corrected chi connectivity index (χ2v) is 4.33. The molecule has 2 aromatic rings. The van der Waals surface area contributed by atoms with Crippen LogP contribution in [-0.2, 0) is 13.5 Å². The van der Waals surface area contributed by atoms with Crippen LogP contribution in [0.1, 0.15) is 16.7 Å². The molecular weight excluding hydrogens is 210 g/mol. The summed E-state index contributed by atoms with van der Waals surface area (Å²) in [6.07, 6.45) is 2.31. The normalized spacial score (nSPS) is 10.2. The Morgan fingerprint density at radius 3 is 2.76 bits per heavy atom. The van der Waals surface area contributed by atoms with Gasteiger partial charge in [-0.3, -0.25) is 4.68 Å². The summed E-state index contributed by atoms with van der Waals surface area (Å²) in [7, 11) is 1.88. The van der Waals surface area contributed by atoms with Crippen molar-refractivity contribution in [3.63, 3.8) is 0 Å². The Labute approximate surface area is 101 Å². The van der Waals surface area contributed by atoms with Crippen LogP contribution >= 0.6 is 0 Å². The van der Waals surface area contributed by atoms with Crippen molar-refractivity contribution in [2.75, 3.05) is 0 Å². The minimum atomic E-state index is 0.399. The summed E-state index contributed by atoms with van der Waals surface area (Å²) in [5.74, 6) is 0. The molecular formula is C14H15N3. The lowest BCUT2D eigenvalue weighted by Gasteiger charge is -2.05. The predicted molar refractivity (Wildman–Crippen MR) is 67.4 cm³/mol. The molecule has 1 aromatic heterocycles. The average Bonchev–Trinajstić information content (AvgIpc) is 2.60. The van der Waals surface area contributed by atoms with Crippen molar-refractivity contribution in [3.8, 4) is 17.3 Å². The molecule has 17 heavy (non-hydrogen) atoms. The summed E-state index contributed by atoms with van der Waals surface area (Å²) in [6, 6.07) is 8.48. The molecule has 0 aliphatic carbocycles. The van der Waals surface area contributed by atoms with Gasteiger partial charge in [-0.1, -0.05) is 23.8 Å². The van der Waals surface area contributed by atoms with Crippen LogP contribution in [0.3, 0.4) is 0 Å². The first-order chi connectivity index (χ1) is 8.11. The van der Waals surface area contributed by atoms with Crippen molar-refractivity contribution >= 4 is 0 Å². The molecule has 0 fully saturated rings. The summed E-state index contributed by atoms with van der Waals surface area (Å²) in [5.41, 5.74) is 5.46. The largest absolute Gasteiger partial charge is 0.275 e. The topological polar surface area (TPSA) is 41.6 Å². The number of hydrogen-bond donors (Lipinski definition) is 0. The number of aromatic nitrogens is 2. The van der Waals surface area contributed by atoms with Gasteiger partial charge in [-0.15, -0.1) is 0 Å². The van der Waals surface area contributed by atoms with E-state index in [1.165, 1.54) is 11.1 Å². The Hall–Kier alpha value is -2.08. The third-order valence-electron chi connectivity index (χ3n) is 2.81. The maximum Gasteiger partial charge on any atom is 0.0968 e. The van der Waals surface area contributed by atoms with Gasteiger partial charge in [0, 0.05) is 24.4 Å². The van der Waals surface area contributed by atoms with Gasteiger partial charge in [0.05, 0.1) is 18.2 Å². The first-order valence-electron chi connectivity index (χ1n) is 5.59. The van der Waals surface area contributed by atoms with Gasteiger partial charge in [-0.25, -0.2) is 0 Å². The van der Waals surface area contributed by atoms with E-state index in [1.807, 2.05) is 13.2 Å². The highest BCUT2D eigenvalue weighted by Crippen LogP contribution is 2.26. The number of benzene rings is 1. The lowest BCUT2D eigenvalue weighted by molar-refractivity contribution is 0.770. The smallest absolute Gasteiger partial charge is 0.0968 e. The fraction of sp³-hybridized carbons (Fsp3) is 0.286. The molecule has 0 atom stereocenters. The average molecular weight is 225 g/mol. The Bertz CT molecular complexity index is 588. The molecule has 0 unspecified atom stereocenters. The third kappa shape index (κ3) is 2.21. The van der Waals surface area contributed by atoms with Crippen molar-refractivity contribution in [2.45, 2.75) is 20.3 Å². The molecule has 0 amide bonds. The Morgan fingerprint density at radius 2 is 2.12 bits per heavy atom. The lowest BCUT2D eigenvalue weighted by atomic mass is 10.00. The van der Waals surface area contributed by atoms with E-state index in [-0.39, 0.29) is 0 Å². The van der Waals surface area contributed by atoms with E-state index in [9.17, 15) is 0 Å². The standard InChI is InChI=1S/C14H15N3/c1-10-4-5-13(11(2)8-10)14-12(6-7-15)9-17(3)16-14/h4-5,8-9H,6H2,1-3H3. The first-order valence-corrected chi connectivity index (χ1v) is 5.59. The van der Waals surface area contributed by atoms with Crippen molar-refractivity contribution in [1.82, 2.24) is 9.78 Å². The fourth-order valence-corrected chi connectivity index (χ4v) is 2.06. The molecule has 0 aliphatic heterocycles. The molecule has 0 aliphatic rings. The lowest BCUT2D eigenvalue weighted by Crippen LogP contribution is -1.91. The summed E-state index contributed by atoms with van der Waals surface area (Å²) in [5, 5.41) is 13.3. The monoisotopic (exact) mass is 225 g/mol. The van der Waals surface area contributed by atoms with Crippen LogP contribution in [-0.4, -0.2) is 9.78 Å². The Morgan fingerprint density at radius 1 is 1.35 bits per heavy atom. The summed E-state index contributed by atoms with van der Waals surface area (Å²) in [4.78, 5) is 0.